The zero-order valence-electron chi connectivity index (χ0n) is 18.9. The molecule has 0 unspecified atom stereocenters. The number of imidazole rings is 1. The second-order valence-electron chi connectivity index (χ2n) is 8.71. The largest absolute Gasteiger partial charge is 0.367 e. The van der Waals surface area contributed by atoms with Gasteiger partial charge >= 0.3 is 0 Å². The van der Waals surface area contributed by atoms with Gasteiger partial charge in [-0.25, -0.2) is 4.98 Å². The number of anilines is 1. The first-order chi connectivity index (χ1) is 15.8. The summed E-state index contributed by atoms with van der Waals surface area (Å²) in [5.41, 5.74) is 3.79. The molecular formula is C27H34N4O. The van der Waals surface area contributed by atoms with Crippen LogP contribution >= 0.6 is 0 Å². The third-order valence-corrected chi connectivity index (χ3v) is 6.25. The Balaban J connectivity index is 1.59. The van der Waals surface area contributed by atoms with E-state index < -0.39 is 0 Å². The zero-order chi connectivity index (χ0) is 22.0. The molecule has 0 N–H and O–H groups in total. The highest BCUT2D eigenvalue weighted by atomic mass is 16.2. The van der Waals surface area contributed by atoms with Gasteiger partial charge in [-0.1, -0.05) is 74.2 Å². The number of carbonyl (C=O) groups is 1. The minimum Gasteiger partial charge on any atom is -0.367 e. The van der Waals surface area contributed by atoms with Crippen LogP contribution in [-0.2, 0) is 24.4 Å². The Morgan fingerprint density at radius 2 is 1.56 bits per heavy atom. The molecule has 4 rings (SSSR count). The molecule has 1 aliphatic heterocycles. The molecule has 1 aliphatic rings. The van der Waals surface area contributed by atoms with Gasteiger partial charge in [0.25, 0.3) is 0 Å². The Labute approximate surface area is 191 Å². The molecule has 1 amide bonds. The average molecular weight is 431 g/mol. The van der Waals surface area contributed by atoms with Crippen molar-refractivity contribution in [3.63, 3.8) is 0 Å². The van der Waals surface area contributed by atoms with Crippen LogP contribution in [0.15, 0.2) is 73.3 Å². The molecule has 0 aliphatic carbocycles. The SMILES string of the molecule is O=C(Cn1ccnc1)N1CCCCCCCCN(Cc2ccccc2)c2ccccc2C1. The minimum absolute atomic E-state index is 0.155. The van der Waals surface area contributed by atoms with E-state index in [2.05, 4.69) is 64.5 Å². The number of amides is 1. The molecule has 32 heavy (non-hydrogen) atoms. The second-order valence-corrected chi connectivity index (χ2v) is 8.71. The average Bonchev–Trinajstić information content (AvgIpc) is 3.33. The van der Waals surface area contributed by atoms with E-state index in [1.165, 1.54) is 48.9 Å². The number of fused-ring (bicyclic) bond motifs is 1. The highest BCUT2D eigenvalue weighted by Crippen LogP contribution is 2.26. The highest BCUT2D eigenvalue weighted by Gasteiger charge is 2.19. The van der Waals surface area contributed by atoms with E-state index >= 15 is 0 Å². The smallest absolute Gasteiger partial charge is 0.242 e. The normalized spacial score (nSPS) is 15.9. The van der Waals surface area contributed by atoms with Crippen molar-refractivity contribution in [2.75, 3.05) is 18.0 Å². The standard InChI is InChI=1S/C27H34N4O/c32-27(22-29-19-16-28-23-29)31-18-11-4-2-1-3-10-17-30(20-24-12-6-5-7-13-24)26-15-9-8-14-25(26)21-31/h5-9,12-16,19,23H,1-4,10-11,17-18,20-22H2. The molecular weight excluding hydrogens is 396 g/mol. The van der Waals surface area contributed by atoms with E-state index in [0.29, 0.717) is 13.1 Å². The van der Waals surface area contributed by atoms with Crippen LogP contribution in [0.1, 0.15) is 49.7 Å². The first-order valence-corrected chi connectivity index (χ1v) is 11.9. The summed E-state index contributed by atoms with van der Waals surface area (Å²) in [5, 5.41) is 0. The number of hydrogen-bond acceptors (Lipinski definition) is 3. The summed E-state index contributed by atoms with van der Waals surface area (Å²) in [7, 11) is 0. The molecule has 0 saturated heterocycles. The number of para-hydroxylation sites is 1. The predicted molar refractivity (Wildman–Crippen MR) is 129 cm³/mol. The third kappa shape index (κ3) is 6.22. The number of rotatable bonds is 4. The van der Waals surface area contributed by atoms with E-state index in [1.807, 2.05) is 15.7 Å². The van der Waals surface area contributed by atoms with Crippen LogP contribution in [0, 0.1) is 0 Å². The van der Waals surface area contributed by atoms with Crippen LogP contribution in [-0.4, -0.2) is 33.4 Å². The van der Waals surface area contributed by atoms with Crippen LogP contribution in [0.4, 0.5) is 5.69 Å². The number of benzene rings is 2. The van der Waals surface area contributed by atoms with Crippen molar-refractivity contribution in [1.29, 1.82) is 0 Å². The quantitative estimate of drug-likeness (QED) is 0.566. The fourth-order valence-electron chi connectivity index (χ4n) is 4.49. The summed E-state index contributed by atoms with van der Waals surface area (Å²) in [5.74, 6) is 0.155. The maximum atomic E-state index is 13.2. The molecule has 0 bridgehead atoms. The molecule has 1 aromatic heterocycles. The fraction of sp³-hybridized carbons (Fsp3) is 0.407. The Morgan fingerprint density at radius 3 is 2.34 bits per heavy atom. The number of carbonyl (C=O) groups excluding carboxylic acids is 1. The lowest BCUT2D eigenvalue weighted by Crippen LogP contribution is -2.35. The van der Waals surface area contributed by atoms with E-state index in [1.54, 1.807) is 12.5 Å². The van der Waals surface area contributed by atoms with Gasteiger partial charge in [-0.15, -0.1) is 0 Å². The lowest BCUT2D eigenvalue weighted by molar-refractivity contribution is -0.132. The van der Waals surface area contributed by atoms with Crippen molar-refractivity contribution in [3.05, 3.63) is 84.4 Å². The van der Waals surface area contributed by atoms with Crippen LogP contribution in [0.2, 0.25) is 0 Å². The van der Waals surface area contributed by atoms with Gasteiger partial charge in [-0.2, -0.15) is 0 Å². The molecule has 0 radical (unpaired) electrons. The summed E-state index contributed by atoms with van der Waals surface area (Å²) in [6, 6.07) is 19.3. The van der Waals surface area contributed by atoms with Crippen LogP contribution in [0.3, 0.4) is 0 Å². The van der Waals surface area contributed by atoms with Gasteiger partial charge in [0.15, 0.2) is 0 Å². The summed E-state index contributed by atoms with van der Waals surface area (Å²) in [6.45, 7) is 3.72. The van der Waals surface area contributed by atoms with Crippen LogP contribution in [0.25, 0.3) is 0 Å². The molecule has 0 saturated carbocycles. The van der Waals surface area contributed by atoms with E-state index in [4.69, 9.17) is 0 Å². The minimum atomic E-state index is 0.155. The van der Waals surface area contributed by atoms with E-state index in [9.17, 15) is 4.79 Å². The van der Waals surface area contributed by atoms with Gasteiger partial charge in [-0.3, -0.25) is 4.79 Å². The topological polar surface area (TPSA) is 41.4 Å². The molecule has 0 spiro atoms. The van der Waals surface area contributed by atoms with Gasteiger partial charge in [0.05, 0.1) is 6.33 Å². The lowest BCUT2D eigenvalue weighted by atomic mass is 10.1. The fourth-order valence-corrected chi connectivity index (χ4v) is 4.49. The Bertz CT molecular complexity index is 955. The molecule has 2 aromatic carbocycles. The molecule has 3 aromatic rings. The van der Waals surface area contributed by atoms with E-state index in [-0.39, 0.29) is 5.91 Å². The lowest BCUT2D eigenvalue weighted by Gasteiger charge is -2.30. The van der Waals surface area contributed by atoms with Crippen molar-refractivity contribution in [1.82, 2.24) is 14.5 Å². The predicted octanol–water partition coefficient (Wildman–Crippen LogP) is 5.27. The molecule has 5 heteroatoms. The zero-order valence-corrected chi connectivity index (χ0v) is 18.9. The Kier molecular flexibility index (Phi) is 7.96. The summed E-state index contributed by atoms with van der Waals surface area (Å²) in [4.78, 5) is 21.8. The Hall–Kier alpha value is -3.08. The first-order valence-electron chi connectivity index (χ1n) is 11.9. The van der Waals surface area contributed by atoms with Gasteiger partial charge in [-0.05, 0) is 30.0 Å². The number of aromatic nitrogens is 2. The molecule has 0 fully saturated rings. The van der Waals surface area contributed by atoms with Gasteiger partial charge in [0.2, 0.25) is 5.91 Å². The van der Waals surface area contributed by atoms with Gasteiger partial charge in [0, 0.05) is 44.3 Å². The number of nitrogens with zero attached hydrogens (tertiary/aromatic N) is 4. The van der Waals surface area contributed by atoms with Crippen molar-refractivity contribution < 1.29 is 4.79 Å². The van der Waals surface area contributed by atoms with Crippen molar-refractivity contribution in [2.45, 2.75) is 58.2 Å². The summed E-state index contributed by atoms with van der Waals surface area (Å²) >= 11 is 0. The monoisotopic (exact) mass is 430 g/mol. The van der Waals surface area contributed by atoms with Gasteiger partial charge < -0.3 is 14.4 Å². The van der Waals surface area contributed by atoms with Crippen molar-refractivity contribution in [2.24, 2.45) is 0 Å². The molecule has 5 nitrogen and oxygen atoms in total. The molecule has 2 heterocycles. The van der Waals surface area contributed by atoms with Crippen molar-refractivity contribution >= 4 is 11.6 Å². The van der Waals surface area contributed by atoms with Crippen LogP contribution < -0.4 is 4.90 Å². The third-order valence-electron chi connectivity index (χ3n) is 6.25. The van der Waals surface area contributed by atoms with Gasteiger partial charge in [0.1, 0.15) is 6.54 Å². The molecule has 0 atom stereocenters. The number of hydrogen-bond donors (Lipinski definition) is 0. The van der Waals surface area contributed by atoms with E-state index in [0.717, 1.165) is 26.1 Å². The molecule has 168 valence electrons. The summed E-state index contributed by atoms with van der Waals surface area (Å²) < 4.78 is 1.86. The maximum Gasteiger partial charge on any atom is 0.242 e. The highest BCUT2D eigenvalue weighted by molar-refractivity contribution is 5.76. The van der Waals surface area contributed by atoms with Crippen molar-refractivity contribution in [3.8, 4) is 0 Å². The second kappa shape index (κ2) is 11.5. The maximum absolute atomic E-state index is 13.2. The Morgan fingerprint density at radius 1 is 0.844 bits per heavy atom. The van der Waals surface area contributed by atoms with Crippen LogP contribution in [0.5, 0.6) is 0 Å². The summed E-state index contributed by atoms with van der Waals surface area (Å²) in [6.07, 6.45) is 12.5. The first kappa shape index (κ1) is 22.1.